The molecule has 0 aliphatic heterocycles. The molecule has 0 saturated carbocycles. The molecule has 0 aliphatic rings. The Morgan fingerprint density at radius 3 is 1.24 bits per heavy atom. The van der Waals surface area contributed by atoms with E-state index in [0.29, 0.717) is 17.5 Å². The molecule has 10 aromatic rings. The van der Waals surface area contributed by atoms with Gasteiger partial charge in [0.15, 0.2) is 17.5 Å². The first-order valence-electron chi connectivity index (χ1n) is 16.4. The molecule has 0 bridgehead atoms. The number of hydrogen-bond acceptors (Lipinski definition) is 4. The van der Waals surface area contributed by atoms with Crippen molar-refractivity contribution in [3.8, 4) is 45.3 Å². The van der Waals surface area contributed by atoms with Gasteiger partial charge in [0.25, 0.3) is 0 Å². The van der Waals surface area contributed by atoms with Gasteiger partial charge in [0.2, 0.25) is 0 Å². The van der Waals surface area contributed by atoms with Gasteiger partial charge in [-0.2, -0.15) is 0 Å². The first-order chi connectivity index (χ1) is 24.2. The summed E-state index contributed by atoms with van der Waals surface area (Å²) in [5.74, 6) is 1.85. The second kappa shape index (κ2) is 11.0. The Labute approximate surface area is 282 Å². The molecule has 0 unspecified atom stereocenters. The zero-order valence-corrected chi connectivity index (χ0v) is 26.3. The number of furan rings is 1. The van der Waals surface area contributed by atoms with E-state index in [2.05, 4.69) is 164 Å². The molecule has 10 rings (SSSR count). The quantitative estimate of drug-likeness (QED) is 0.195. The molecule has 0 amide bonds. The molecule has 0 radical (unpaired) electrons. The van der Waals surface area contributed by atoms with Crippen molar-refractivity contribution in [3.63, 3.8) is 0 Å². The smallest absolute Gasteiger partial charge is 0.164 e. The summed E-state index contributed by atoms with van der Waals surface area (Å²) in [6.07, 6.45) is 0. The van der Waals surface area contributed by atoms with Gasteiger partial charge in [0.05, 0.1) is 0 Å². The largest absolute Gasteiger partial charge is 0.456 e. The molecule has 228 valence electrons. The summed E-state index contributed by atoms with van der Waals surface area (Å²) in [7, 11) is 0. The van der Waals surface area contributed by atoms with Crippen LogP contribution in [0.1, 0.15) is 0 Å². The van der Waals surface area contributed by atoms with Crippen LogP contribution in [-0.2, 0) is 0 Å². The topological polar surface area (TPSA) is 51.8 Å². The third kappa shape index (κ3) is 4.81. The van der Waals surface area contributed by atoms with Crippen molar-refractivity contribution in [1.29, 1.82) is 0 Å². The summed E-state index contributed by atoms with van der Waals surface area (Å²) in [4.78, 5) is 15.1. The Hall–Kier alpha value is -6.65. The molecule has 4 heteroatoms. The van der Waals surface area contributed by atoms with E-state index in [-0.39, 0.29) is 0 Å². The maximum Gasteiger partial charge on any atom is 0.164 e. The van der Waals surface area contributed by atoms with Crippen molar-refractivity contribution in [2.45, 2.75) is 0 Å². The van der Waals surface area contributed by atoms with E-state index in [1.807, 2.05) is 0 Å². The van der Waals surface area contributed by atoms with Gasteiger partial charge in [0.1, 0.15) is 11.2 Å². The summed E-state index contributed by atoms with van der Waals surface area (Å²) in [5, 5.41) is 9.23. The maximum absolute atomic E-state index is 6.43. The van der Waals surface area contributed by atoms with Crippen LogP contribution >= 0.6 is 0 Å². The lowest BCUT2D eigenvalue weighted by atomic mass is 9.99. The third-order valence-corrected chi connectivity index (χ3v) is 9.46. The van der Waals surface area contributed by atoms with E-state index in [9.17, 15) is 0 Å². The number of benzene rings is 8. The van der Waals surface area contributed by atoms with Crippen LogP contribution in [-0.4, -0.2) is 15.0 Å². The Morgan fingerprint density at radius 1 is 0.286 bits per heavy atom. The fraction of sp³-hybridized carbons (Fsp3) is 0. The van der Waals surface area contributed by atoms with Gasteiger partial charge in [-0.25, -0.2) is 15.0 Å². The molecule has 8 aromatic carbocycles. The lowest BCUT2D eigenvalue weighted by Crippen LogP contribution is -2.00. The van der Waals surface area contributed by atoms with Crippen molar-refractivity contribution in [2.24, 2.45) is 0 Å². The summed E-state index contributed by atoms with van der Waals surface area (Å²) in [5.41, 5.74) is 6.73. The molecule has 0 saturated heterocycles. The average Bonchev–Trinajstić information content (AvgIpc) is 3.54. The van der Waals surface area contributed by atoms with Crippen LogP contribution in [0.2, 0.25) is 0 Å². The van der Waals surface area contributed by atoms with Gasteiger partial charge < -0.3 is 4.42 Å². The molecular formula is C45H27N3O. The molecule has 2 heterocycles. The number of rotatable bonds is 4. The molecule has 2 aromatic heterocycles. The first-order valence-corrected chi connectivity index (χ1v) is 16.4. The number of aromatic nitrogens is 3. The highest BCUT2D eigenvalue weighted by atomic mass is 16.3. The molecule has 0 aliphatic carbocycles. The van der Waals surface area contributed by atoms with Crippen molar-refractivity contribution in [3.05, 3.63) is 164 Å². The predicted molar refractivity (Wildman–Crippen MR) is 201 cm³/mol. The molecule has 0 N–H and O–H groups in total. The van der Waals surface area contributed by atoms with Crippen LogP contribution in [0.25, 0.3) is 99.5 Å². The SMILES string of the molecule is c1ccc2cc(-c3ccc4oc5cc(-c6nc(-c7ccc8ccccc8c7)nc(-c7ccc8ccccc8c7)n6)ccc5c4c3)ccc2c1. The average molecular weight is 626 g/mol. The number of nitrogens with zero attached hydrogens (tertiary/aromatic N) is 3. The second-order valence-corrected chi connectivity index (χ2v) is 12.5. The monoisotopic (exact) mass is 625 g/mol. The first kappa shape index (κ1) is 27.5. The lowest BCUT2D eigenvalue weighted by molar-refractivity contribution is 0.669. The third-order valence-electron chi connectivity index (χ3n) is 9.46. The molecule has 0 spiro atoms. The second-order valence-electron chi connectivity index (χ2n) is 12.5. The maximum atomic E-state index is 6.43. The van der Waals surface area contributed by atoms with E-state index in [0.717, 1.165) is 55.0 Å². The highest BCUT2D eigenvalue weighted by Gasteiger charge is 2.16. The Kier molecular flexibility index (Phi) is 6.15. The lowest BCUT2D eigenvalue weighted by Gasteiger charge is -2.10. The Morgan fingerprint density at radius 2 is 0.694 bits per heavy atom. The van der Waals surface area contributed by atoms with E-state index < -0.39 is 0 Å². The normalized spacial score (nSPS) is 11.7. The van der Waals surface area contributed by atoms with Gasteiger partial charge >= 0.3 is 0 Å². The molecule has 4 nitrogen and oxygen atoms in total. The summed E-state index contributed by atoms with van der Waals surface area (Å²) in [6.45, 7) is 0. The van der Waals surface area contributed by atoms with Gasteiger partial charge in [-0.1, -0.05) is 121 Å². The van der Waals surface area contributed by atoms with Crippen molar-refractivity contribution in [2.75, 3.05) is 0 Å². The highest BCUT2D eigenvalue weighted by Crippen LogP contribution is 2.36. The van der Waals surface area contributed by atoms with Crippen molar-refractivity contribution < 1.29 is 4.42 Å². The van der Waals surface area contributed by atoms with E-state index in [1.165, 1.54) is 27.1 Å². The van der Waals surface area contributed by atoms with Crippen LogP contribution in [0.4, 0.5) is 0 Å². The van der Waals surface area contributed by atoms with Gasteiger partial charge in [-0.15, -0.1) is 0 Å². The standard InChI is InChI=1S/C45H27N3O/c1-4-10-31-23-34(16-13-28(31)7-1)35-20-22-41-40(26-35)39-21-19-38(27-42(39)49-41)45-47-43(36-17-14-29-8-2-5-11-32(29)24-36)46-44(48-45)37-18-15-30-9-3-6-12-33(30)25-37/h1-27H. The predicted octanol–water partition coefficient (Wildman–Crippen LogP) is 11.9. The fourth-order valence-electron chi connectivity index (χ4n) is 6.88. The molecule has 0 atom stereocenters. The molecular weight excluding hydrogens is 599 g/mol. The minimum Gasteiger partial charge on any atom is -0.456 e. The summed E-state index contributed by atoms with van der Waals surface area (Å²) in [6, 6.07) is 57.1. The highest BCUT2D eigenvalue weighted by molar-refractivity contribution is 6.07. The van der Waals surface area contributed by atoms with Crippen LogP contribution in [0.15, 0.2) is 168 Å². The number of hydrogen-bond donors (Lipinski definition) is 0. The zero-order chi connectivity index (χ0) is 32.3. The Balaban J connectivity index is 1.11. The Bertz CT molecular complexity index is 2810. The van der Waals surface area contributed by atoms with Crippen LogP contribution < -0.4 is 0 Å². The minimum atomic E-state index is 0.598. The van der Waals surface area contributed by atoms with Crippen LogP contribution in [0.3, 0.4) is 0 Å². The van der Waals surface area contributed by atoms with Crippen LogP contribution in [0.5, 0.6) is 0 Å². The van der Waals surface area contributed by atoms with E-state index >= 15 is 0 Å². The van der Waals surface area contributed by atoms with Gasteiger partial charge in [-0.05, 0) is 85.9 Å². The van der Waals surface area contributed by atoms with E-state index in [4.69, 9.17) is 19.4 Å². The summed E-state index contributed by atoms with van der Waals surface area (Å²) >= 11 is 0. The molecule has 0 fully saturated rings. The van der Waals surface area contributed by atoms with Crippen molar-refractivity contribution >= 4 is 54.3 Å². The summed E-state index contributed by atoms with van der Waals surface area (Å²) < 4.78 is 6.43. The zero-order valence-electron chi connectivity index (χ0n) is 26.3. The van der Waals surface area contributed by atoms with Gasteiger partial charge in [0, 0.05) is 27.5 Å². The number of fused-ring (bicyclic) bond motifs is 6. The van der Waals surface area contributed by atoms with Crippen LogP contribution in [0, 0.1) is 0 Å². The van der Waals surface area contributed by atoms with Gasteiger partial charge in [-0.3, -0.25) is 0 Å². The van der Waals surface area contributed by atoms with Crippen molar-refractivity contribution in [1.82, 2.24) is 15.0 Å². The molecule has 49 heavy (non-hydrogen) atoms. The van der Waals surface area contributed by atoms with E-state index in [1.54, 1.807) is 0 Å². The fourth-order valence-corrected chi connectivity index (χ4v) is 6.88. The minimum absolute atomic E-state index is 0.598.